The zero-order valence-corrected chi connectivity index (χ0v) is 31.2. The van der Waals surface area contributed by atoms with E-state index in [-0.39, 0.29) is 59.0 Å². The molecule has 10 nitrogen and oxygen atoms in total. The average Bonchev–Trinajstić information content (AvgIpc) is 3.05. The highest BCUT2D eigenvalue weighted by molar-refractivity contribution is 5.76. The molecule has 0 aromatic carbocycles. The topological polar surface area (TPSA) is 152 Å². The third-order valence-electron chi connectivity index (χ3n) is 16.1. The van der Waals surface area contributed by atoms with Gasteiger partial charge in [-0.25, -0.2) is 0 Å². The monoisotopic (exact) mass is 690 g/mol. The van der Waals surface area contributed by atoms with E-state index in [1.165, 1.54) is 19.6 Å². The molecular formula is C39H62O10. The fraction of sp³-hybridized carbons (Fsp3) is 0.897. The Kier molecular flexibility index (Phi) is 9.31. The number of methoxy groups -OCH3 is 1. The lowest BCUT2D eigenvalue weighted by atomic mass is 9.33. The average molecular weight is 691 g/mol. The molecule has 6 rings (SSSR count). The summed E-state index contributed by atoms with van der Waals surface area (Å²) in [5.41, 5.74) is -0.527. The Balaban J connectivity index is 1.43. The van der Waals surface area contributed by atoms with E-state index < -0.39 is 59.2 Å². The fourth-order valence-electron chi connectivity index (χ4n) is 12.5. The number of esters is 2. The maximum absolute atomic E-state index is 13.1. The minimum Gasteiger partial charge on any atom is -0.469 e. The van der Waals surface area contributed by atoms with Crippen LogP contribution < -0.4 is 0 Å². The number of aliphatic hydroxyl groups excluding tert-OH is 4. The number of rotatable bonds is 5. The van der Waals surface area contributed by atoms with E-state index in [1.54, 1.807) is 6.92 Å². The Morgan fingerprint density at radius 2 is 1.59 bits per heavy atom. The van der Waals surface area contributed by atoms with Crippen LogP contribution in [-0.2, 0) is 28.5 Å². The zero-order chi connectivity index (χ0) is 36.1. The Hall–Kier alpha value is -1.56. The molecule has 5 aliphatic carbocycles. The van der Waals surface area contributed by atoms with Crippen molar-refractivity contribution in [3.63, 3.8) is 0 Å². The summed E-state index contributed by atoms with van der Waals surface area (Å²) in [6, 6.07) is 0. The first-order valence-electron chi connectivity index (χ1n) is 18.7. The lowest BCUT2D eigenvalue weighted by molar-refractivity contribution is -0.341. The zero-order valence-electron chi connectivity index (χ0n) is 31.2. The van der Waals surface area contributed by atoms with Crippen molar-refractivity contribution in [1.82, 2.24) is 0 Å². The molecule has 0 bridgehead atoms. The second-order valence-corrected chi connectivity index (χ2v) is 18.5. The highest BCUT2D eigenvalue weighted by Gasteiger charge is 2.71. The molecule has 4 N–H and O–H groups in total. The van der Waals surface area contributed by atoms with Gasteiger partial charge in [-0.2, -0.15) is 0 Å². The minimum atomic E-state index is -1.46. The quantitative estimate of drug-likeness (QED) is 0.236. The smallest absolute Gasteiger partial charge is 0.311 e. The van der Waals surface area contributed by atoms with Crippen LogP contribution in [0, 0.1) is 50.2 Å². The largest absolute Gasteiger partial charge is 0.469 e. The predicted molar refractivity (Wildman–Crippen MR) is 181 cm³/mol. The van der Waals surface area contributed by atoms with Gasteiger partial charge in [-0.05, 0) is 99.2 Å². The first kappa shape index (κ1) is 37.2. The van der Waals surface area contributed by atoms with Crippen molar-refractivity contribution >= 4 is 11.9 Å². The molecule has 0 aromatic heterocycles. The molecule has 49 heavy (non-hydrogen) atoms. The van der Waals surface area contributed by atoms with Crippen molar-refractivity contribution in [3.8, 4) is 0 Å². The molecule has 1 saturated heterocycles. The van der Waals surface area contributed by atoms with Gasteiger partial charge in [0.15, 0.2) is 6.29 Å². The number of aliphatic hydroxyl groups is 4. The van der Waals surface area contributed by atoms with Crippen LogP contribution in [0.3, 0.4) is 0 Å². The van der Waals surface area contributed by atoms with E-state index in [0.717, 1.165) is 51.4 Å². The van der Waals surface area contributed by atoms with Crippen LogP contribution in [0.25, 0.3) is 0 Å². The van der Waals surface area contributed by atoms with Gasteiger partial charge in [0.2, 0.25) is 0 Å². The van der Waals surface area contributed by atoms with Crippen LogP contribution in [0.5, 0.6) is 0 Å². The van der Waals surface area contributed by atoms with Crippen LogP contribution in [-0.4, -0.2) is 89.0 Å². The van der Waals surface area contributed by atoms with E-state index in [1.807, 2.05) is 6.92 Å². The summed E-state index contributed by atoms with van der Waals surface area (Å²) >= 11 is 0. The van der Waals surface area contributed by atoms with Crippen LogP contribution >= 0.6 is 0 Å². The Labute approximate surface area is 292 Å². The summed E-state index contributed by atoms with van der Waals surface area (Å²) in [6.45, 7) is 16.8. The van der Waals surface area contributed by atoms with Crippen molar-refractivity contribution in [1.29, 1.82) is 0 Å². The molecule has 0 spiro atoms. The molecule has 16 atom stereocenters. The fourth-order valence-corrected chi connectivity index (χ4v) is 12.5. The van der Waals surface area contributed by atoms with Crippen LogP contribution in [0.2, 0.25) is 0 Å². The molecule has 4 saturated carbocycles. The van der Waals surface area contributed by atoms with Gasteiger partial charge in [-0.3, -0.25) is 9.59 Å². The maximum atomic E-state index is 13.1. The van der Waals surface area contributed by atoms with Crippen molar-refractivity contribution in [2.24, 2.45) is 50.2 Å². The van der Waals surface area contributed by atoms with Crippen molar-refractivity contribution in [2.45, 2.75) is 156 Å². The van der Waals surface area contributed by atoms with Crippen LogP contribution in [0.15, 0.2) is 11.6 Å². The summed E-state index contributed by atoms with van der Waals surface area (Å²) in [6.07, 6.45) is 2.43. The number of carbonyl (C=O) groups excluding carboxylic acids is 2. The Morgan fingerprint density at radius 3 is 2.24 bits per heavy atom. The molecule has 0 amide bonds. The molecule has 5 fully saturated rings. The van der Waals surface area contributed by atoms with Gasteiger partial charge in [-0.15, -0.1) is 0 Å². The van der Waals surface area contributed by atoms with E-state index >= 15 is 0 Å². The SMILES string of the molecule is COC(=O)[C@]1(C)CC[C@]2(C)CC[C@]3(C)C(=CCC4[C@]5(C)C(CC[C@]43C)[C@](C)(COC(C)=O)[C@@H](O)C[C@@H]5O[C@@H]3O[C@@H](C)[C@H](O)[C@@H](O)[C@H]3O)C2C1. The summed E-state index contributed by atoms with van der Waals surface area (Å²) in [7, 11) is 1.49. The van der Waals surface area contributed by atoms with E-state index in [2.05, 4.69) is 40.7 Å². The van der Waals surface area contributed by atoms with Gasteiger partial charge in [0.05, 0.1) is 37.4 Å². The Bertz CT molecular complexity index is 1350. The third-order valence-corrected chi connectivity index (χ3v) is 16.1. The van der Waals surface area contributed by atoms with E-state index in [9.17, 15) is 30.0 Å². The normalized spacial score (nSPS) is 53.9. The summed E-state index contributed by atoms with van der Waals surface area (Å²) in [4.78, 5) is 25.2. The summed E-state index contributed by atoms with van der Waals surface area (Å²) in [5, 5.41) is 44.0. The minimum absolute atomic E-state index is 0.0926. The Morgan fingerprint density at radius 1 is 0.918 bits per heavy atom. The molecule has 278 valence electrons. The number of fused-ring (bicyclic) bond motifs is 7. The highest BCUT2D eigenvalue weighted by Crippen LogP contribution is 2.76. The predicted octanol–water partition coefficient (Wildman–Crippen LogP) is 4.69. The molecule has 0 radical (unpaired) electrons. The summed E-state index contributed by atoms with van der Waals surface area (Å²) < 4.78 is 23.7. The van der Waals surface area contributed by atoms with Gasteiger partial charge in [-0.1, -0.05) is 46.3 Å². The third kappa shape index (κ3) is 5.31. The molecule has 10 heteroatoms. The maximum Gasteiger partial charge on any atom is 0.311 e. The van der Waals surface area contributed by atoms with Crippen LogP contribution in [0.1, 0.15) is 113 Å². The number of hydrogen-bond donors (Lipinski definition) is 4. The van der Waals surface area contributed by atoms with Gasteiger partial charge >= 0.3 is 11.9 Å². The van der Waals surface area contributed by atoms with Gasteiger partial charge in [0.25, 0.3) is 0 Å². The molecule has 0 aromatic rings. The standard InChI is InChI=1S/C39H62O10/c1-21-29(42)30(43)31(44)32(48-21)49-28-18-27(41)36(5,20-47-22(2)40)25-12-13-38(7)26(39(25,28)8)11-10-23-24-19-35(4,33(45)46-9)15-14-34(24,3)16-17-37(23,38)6/h10,21,24-32,41-44H,11-20H2,1-9H3/t21-,24?,25?,26?,27-,28-,29-,30+,31+,32-,34+,35+,36-,37+,38+,39-/m0/s1. The van der Waals surface area contributed by atoms with Crippen molar-refractivity contribution < 1.29 is 49.0 Å². The number of hydrogen-bond acceptors (Lipinski definition) is 10. The van der Waals surface area contributed by atoms with Crippen molar-refractivity contribution in [3.05, 3.63) is 11.6 Å². The molecule has 3 unspecified atom stereocenters. The highest BCUT2D eigenvalue weighted by atomic mass is 16.7. The number of carbonyl (C=O) groups is 2. The lowest BCUT2D eigenvalue weighted by Crippen LogP contribution is -2.70. The second-order valence-electron chi connectivity index (χ2n) is 18.5. The molecular weight excluding hydrogens is 628 g/mol. The van der Waals surface area contributed by atoms with Gasteiger partial charge in [0, 0.05) is 24.2 Å². The number of ether oxygens (including phenoxy) is 4. The first-order chi connectivity index (χ1) is 22.7. The lowest BCUT2D eigenvalue weighted by Gasteiger charge is -2.72. The molecule has 6 aliphatic rings. The van der Waals surface area contributed by atoms with E-state index in [4.69, 9.17) is 18.9 Å². The first-order valence-corrected chi connectivity index (χ1v) is 18.7. The second kappa shape index (κ2) is 12.3. The van der Waals surface area contributed by atoms with Crippen LogP contribution in [0.4, 0.5) is 0 Å². The number of allylic oxidation sites excluding steroid dienone is 2. The summed E-state index contributed by atoms with van der Waals surface area (Å²) in [5.74, 6) is -0.229. The molecule has 1 heterocycles. The van der Waals surface area contributed by atoms with Gasteiger partial charge in [0.1, 0.15) is 18.3 Å². The molecule has 1 aliphatic heterocycles. The van der Waals surface area contributed by atoms with E-state index in [0.29, 0.717) is 0 Å². The van der Waals surface area contributed by atoms with Crippen molar-refractivity contribution in [2.75, 3.05) is 13.7 Å². The van der Waals surface area contributed by atoms with Gasteiger partial charge < -0.3 is 39.4 Å².